The molecular formula is C13H19N3O3. The summed E-state index contributed by atoms with van der Waals surface area (Å²) in [5, 5.41) is 11.1. The molecule has 0 spiro atoms. The van der Waals surface area contributed by atoms with Gasteiger partial charge in [0.15, 0.2) is 0 Å². The third-order valence-electron chi connectivity index (χ3n) is 3.41. The summed E-state index contributed by atoms with van der Waals surface area (Å²) in [5.74, 6) is 0. The van der Waals surface area contributed by atoms with Gasteiger partial charge in [-0.2, -0.15) is 0 Å². The van der Waals surface area contributed by atoms with Gasteiger partial charge < -0.3 is 15.4 Å². The van der Waals surface area contributed by atoms with Crippen LogP contribution < -0.4 is 10.6 Å². The standard InChI is InChI=1S/C13H19N3O3/c1-2-19-10-6-8-15(9-7-10)12-5-3-4-11(14)13(12)16(17)18/h3-5,10H,2,6-9,14H2,1H3. The number of nitro benzene ring substituents is 1. The van der Waals surface area contributed by atoms with Gasteiger partial charge in [0.05, 0.1) is 11.0 Å². The molecule has 1 aromatic rings. The van der Waals surface area contributed by atoms with Gasteiger partial charge >= 0.3 is 5.69 Å². The molecule has 1 aliphatic rings. The molecule has 104 valence electrons. The predicted molar refractivity (Wildman–Crippen MR) is 74.4 cm³/mol. The number of hydrogen-bond donors (Lipinski definition) is 1. The van der Waals surface area contributed by atoms with Crippen molar-refractivity contribution >= 4 is 17.1 Å². The fourth-order valence-electron chi connectivity index (χ4n) is 2.50. The fraction of sp³-hybridized carbons (Fsp3) is 0.538. The van der Waals surface area contributed by atoms with Crippen molar-refractivity contribution in [3.05, 3.63) is 28.3 Å². The zero-order valence-corrected chi connectivity index (χ0v) is 11.0. The minimum Gasteiger partial charge on any atom is -0.393 e. The maximum Gasteiger partial charge on any atom is 0.315 e. The van der Waals surface area contributed by atoms with Crippen molar-refractivity contribution in [2.75, 3.05) is 30.3 Å². The third kappa shape index (κ3) is 2.96. The van der Waals surface area contributed by atoms with E-state index in [0.717, 1.165) is 25.9 Å². The van der Waals surface area contributed by atoms with Gasteiger partial charge in [0.1, 0.15) is 11.4 Å². The number of ether oxygens (including phenoxy) is 1. The molecule has 0 radical (unpaired) electrons. The van der Waals surface area contributed by atoms with E-state index in [9.17, 15) is 10.1 Å². The molecule has 0 aliphatic carbocycles. The Morgan fingerprint density at radius 1 is 1.47 bits per heavy atom. The van der Waals surface area contributed by atoms with Crippen molar-refractivity contribution in [2.24, 2.45) is 0 Å². The molecule has 0 aromatic heterocycles. The molecular weight excluding hydrogens is 246 g/mol. The first-order chi connectivity index (χ1) is 9.13. The van der Waals surface area contributed by atoms with E-state index in [1.807, 2.05) is 11.8 Å². The Morgan fingerprint density at radius 2 is 2.16 bits per heavy atom. The van der Waals surface area contributed by atoms with E-state index in [2.05, 4.69) is 0 Å². The number of nitrogen functional groups attached to an aromatic ring is 1. The molecule has 0 unspecified atom stereocenters. The molecule has 0 atom stereocenters. The zero-order valence-electron chi connectivity index (χ0n) is 11.0. The lowest BCUT2D eigenvalue weighted by molar-refractivity contribution is -0.383. The molecule has 19 heavy (non-hydrogen) atoms. The highest BCUT2D eigenvalue weighted by Crippen LogP contribution is 2.35. The largest absolute Gasteiger partial charge is 0.393 e. The second kappa shape index (κ2) is 5.88. The van der Waals surface area contributed by atoms with Crippen LogP contribution in [0, 0.1) is 10.1 Å². The lowest BCUT2D eigenvalue weighted by Crippen LogP contribution is -2.37. The van der Waals surface area contributed by atoms with E-state index in [1.165, 1.54) is 0 Å². The number of nitro groups is 1. The average molecular weight is 265 g/mol. The van der Waals surface area contributed by atoms with Crippen LogP contribution in [0.3, 0.4) is 0 Å². The average Bonchev–Trinajstić information content (AvgIpc) is 2.39. The number of piperidine rings is 1. The van der Waals surface area contributed by atoms with Gasteiger partial charge in [-0.15, -0.1) is 0 Å². The number of rotatable bonds is 4. The first kappa shape index (κ1) is 13.6. The van der Waals surface area contributed by atoms with E-state index in [1.54, 1.807) is 18.2 Å². The SMILES string of the molecule is CCOC1CCN(c2cccc(N)c2[N+](=O)[O-])CC1. The zero-order chi connectivity index (χ0) is 13.8. The summed E-state index contributed by atoms with van der Waals surface area (Å²) in [7, 11) is 0. The summed E-state index contributed by atoms with van der Waals surface area (Å²) >= 11 is 0. The molecule has 0 amide bonds. The van der Waals surface area contributed by atoms with Crippen LogP contribution in [-0.4, -0.2) is 30.7 Å². The van der Waals surface area contributed by atoms with E-state index < -0.39 is 4.92 Å². The fourth-order valence-corrected chi connectivity index (χ4v) is 2.50. The van der Waals surface area contributed by atoms with Crippen molar-refractivity contribution < 1.29 is 9.66 Å². The maximum atomic E-state index is 11.1. The van der Waals surface area contributed by atoms with Gasteiger partial charge in [-0.3, -0.25) is 10.1 Å². The molecule has 6 nitrogen and oxygen atoms in total. The Labute approximate surface area is 112 Å². The Hall–Kier alpha value is -1.82. The van der Waals surface area contributed by atoms with Crippen molar-refractivity contribution in [2.45, 2.75) is 25.9 Å². The van der Waals surface area contributed by atoms with Crippen LogP contribution in [0.2, 0.25) is 0 Å². The summed E-state index contributed by atoms with van der Waals surface area (Å²) < 4.78 is 5.58. The Morgan fingerprint density at radius 3 is 2.74 bits per heavy atom. The van der Waals surface area contributed by atoms with E-state index in [4.69, 9.17) is 10.5 Å². The molecule has 2 rings (SSSR count). The van der Waals surface area contributed by atoms with Crippen LogP contribution in [0.5, 0.6) is 0 Å². The van der Waals surface area contributed by atoms with Crippen molar-refractivity contribution in [3.63, 3.8) is 0 Å². The lowest BCUT2D eigenvalue weighted by Gasteiger charge is -2.33. The van der Waals surface area contributed by atoms with Gasteiger partial charge in [0.25, 0.3) is 0 Å². The minimum absolute atomic E-state index is 0.0114. The van der Waals surface area contributed by atoms with Crippen LogP contribution >= 0.6 is 0 Å². The Balaban J connectivity index is 2.15. The molecule has 1 heterocycles. The van der Waals surface area contributed by atoms with Crippen molar-refractivity contribution in [1.82, 2.24) is 0 Å². The number of anilines is 2. The van der Waals surface area contributed by atoms with Crippen LogP contribution in [0.1, 0.15) is 19.8 Å². The van der Waals surface area contributed by atoms with Gasteiger partial charge in [0.2, 0.25) is 0 Å². The highest BCUT2D eigenvalue weighted by molar-refractivity contribution is 5.75. The molecule has 1 aliphatic heterocycles. The predicted octanol–water partition coefficient (Wildman–Crippen LogP) is 2.18. The van der Waals surface area contributed by atoms with Gasteiger partial charge in [-0.05, 0) is 31.9 Å². The van der Waals surface area contributed by atoms with Gasteiger partial charge in [0, 0.05) is 19.7 Å². The van der Waals surface area contributed by atoms with Crippen LogP contribution in [0.25, 0.3) is 0 Å². The summed E-state index contributed by atoms with van der Waals surface area (Å²) in [6.07, 6.45) is 2.04. The number of benzene rings is 1. The lowest BCUT2D eigenvalue weighted by atomic mass is 10.1. The molecule has 1 saturated heterocycles. The van der Waals surface area contributed by atoms with Crippen LogP contribution in [0.4, 0.5) is 17.1 Å². The second-order valence-corrected chi connectivity index (χ2v) is 4.61. The quantitative estimate of drug-likeness (QED) is 0.512. The maximum absolute atomic E-state index is 11.1. The molecule has 1 fully saturated rings. The highest BCUT2D eigenvalue weighted by atomic mass is 16.6. The van der Waals surface area contributed by atoms with Crippen LogP contribution in [-0.2, 0) is 4.74 Å². The number of hydrogen-bond acceptors (Lipinski definition) is 5. The topological polar surface area (TPSA) is 81.6 Å². The van der Waals surface area contributed by atoms with Crippen LogP contribution in [0.15, 0.2) is 18.2 Å². The molecule has 6 heteroatoms. The molecule has 2 N–H and O–H groups in total. The third-order valence-corrected chi connectivity index (χ3v) is 3.41. The normalized spacial score (nSPS) is 16.6. The highest BCUT2D eigenvalue weighted by Gasteiger charge is 2.26. The number of nitrogens with zero attached hydrogens (tertiary/aromatic N) is 2. The summed E-state index contributed by atoms with van der Waals surface area (Å²) in [6, 6.07) is 5.08. The van der Waals surface area contributed by atoms with E-state index in [0.29, 0.717) is 12.3 Å². The smallest absolute Gasteiger partial charge is 0.315 e. The Bertz CT molecular complexity index is 456. The molecule has 1 aromatic carbocycles. The van der Waals surface area contributed by atoms with Gasteiger partial charge in [-0.1, -0.05) is 6.07 Å². The monoisotopic (exact) mass is 265 g/mol. The minimum atomic E-state index is -0.403. The first-order valence-electron chi connectivity index (χ1n) is 6.53. The summed E-state index contributed by atoms with van der Waals surface area (Å²) in [4.78, 5) is 12.7. The molecule has 0 bridgehead atoms. The van der Waals surface area contributed by atoms with Crippen molar-refractivity contribution in [1.29, 1.82) is 0 Å². The summed E-state index contributed by atoms with van der Waals surface area (Å²) in [6.45, 7) is 4.21. The number of nitrogens with two attached hydrogens (primary N) is 1. The van der Waals surface area contributed by atoms with E-state index >= 15 is 0 Å². The summed E-state index contributed by atoms with van der Waals surface area (Å²) in [5.41, 5.74) is 6.55. The van der Waals surface area contributed by atoms with Crippen molar-refractivity contribution in [3.8, 4) is 0 Å². The first-order valence-corrected chi connectivity index (χ1v) is 6.53. The van der Waals surface area contributed by atoms with Gasteiger partial charge in [-0.25, -0.2) is 0 Å². The second-order valence-electron chi connectivity index (χ2n) is 4.61. The Kier molecular flexibility index (Phi) is 4.21. The molecule has 0 saturated carbocycles. The number of para-hydroxylation sites is 1. The van der Waals surface area contributed by atoms with E-state index in [-0.39, 0.29) is 17.5 Å².